The van der Waals surface area contributed by atoms with E-state index in [2.05, 4.69) is 72.4 Å². The highest BCUT2D eigenvalue weighted by molar-refractivity contribution is 14.0. The lowest BCUT2D eigenvalue weighted by Gasteiger charge is -2.33. The molecule has 6 nitrogen and oxygen atoms in total. The summed E-state index contributed by atoms with van der Waals surface area (Å²) in [5.41, 5.74) is 2.63. The number of nitrogens with one attached hydrogen (secondary N) is 2. The second kappa shape index (κ2) is 13.5. The second-order valence-electron chi connectivity index (χ2n) is 9.02. The van der Waals surface area contributed by atoms with Crippen LogP contribution in [0.1, 0.15) is 52.1 Å². The molecule has 2 unspecified atom stereocenters. The Morgan fingerprint density at radius 1 is 1.19 bits per heavy atom. The Morgan fingerprint density at radius 3 is 2.68 bits per heavy atom. The lowest BCUT2D eigenvalue weighted by Crippen LogP contribution is -2.46. The molecule has 2 aliphatic rings. The van der Waals surface area contributed by atoms with Crippen LogP contribution < -0.4 is 15.5 Å². The number of guanidine groups is 1. The monoisotopic (exact) mass is 543 g/mol. The van der Waals surface area contributed by atoms with Gasteiger partial charge in [-0.1, -0.05) is 26.0 Å². The highest BCUT2D eigenvalue weighted by Crippen LogP contribution is 2.24. The standard InChI is InChI=1S/C24H41N5O.HI/c1-5-25-24(26-16-23-18-28(13-14-30-23)17-19(2)3)27-20(4)21-9-8-10-22(15-21)29-11-6-7-12-29;/h8-10,15,19-20,23H,5-7,11-14,16-18H2,1-4H3,(H2,25,26,27);1H. The predicted molar refractivity (Wildman–Crippen MR) is 142 cm³/mol. The maximum absolute atomic E-state index is 5.97. The first-order chi connectivity index (χ1) is 14.5. The van der Waals surface area contributed by atoms with E-state index in [0.717, 1.165) is 38.7 Å². The molecule has 2 N–H and O–H groups in total. The summed E-state index contributed by atoms with van der Waals surface area (Å²) in [4.78, 5) is 9.83. The molecule has 2 saturated heterocycles. The molecule has 0 radical (unpaired) electrons. The van der Waals surface area contributed by atoms with Gasteiger partial charge in [-0.05, 0) is 50.3 Å². The van der Waals surface area contributed by atoms with Crippen LogP contribution in [0.15, 0.2) is 29.3 Å². The Morgan fingerprint density at radius 2 is 1.97 bits per heavy atom. The molecule has 1 aromatic carbocycles. The summed E-state index contributed by atoms with van der Waals surface area (Å²) in [5.74, 6) is 1.55. The fourth-order valence-electron chi connectivity index (χ4n) is 4.34. The number of hydrogen-bond donors (Lipinski definition) is 2. The zero-order chi connectivity index (χ0) is 21.3. The minimum atomic E-state index is 0. The van der Waals surface area contributed by atoms with Gasteiger partial charge in [0.2, 0.25) is 0 Å². The third-order valence-electron chi connectivity index (χ3n) is 5.84. The van der Waals surface area contributed by atoms with Crippen LogP contribution >= 0.6 is 24.0 Å². The average molecular weight is 544 g/mol. The SMILES string of the molecule is CCNC(=NCC1CN(CC(C)C)CCO1)NC(C)c1cccc(N2CCCC2)c1.I. The zero-order valence-electron chi connectivity index (χ0n) is 19.8. The van der Waals surface area contributed by atoms with E-state index in [9.17, 15) is 0 Å². The quantitative estimate of drug-likeness (QED) is 0.296. The zero-order valence-corrected chi connectivity index (χ0v) is 22.1. The van der Waals surface area contributed by atoms with Crippen molar-refractivity contribution in [2.45, 2.75) is 52.7 Å². The third-order valence-corrected chi connectivity index (χ3v) is 5.84. The van der Waals surface area contributed by atoms with Crippen molar-refractivity contribution in [3.63, 3.8) is 0 Å². The highest BCUT2D eigenvalue weighted by Gasteiger charge is 2.21. The molecule has 1 aromatic rings. The van der Waals surface area contributed by atoms with Gasteiger partial charge in [0.15, 0.2) is 5.96 Å². The van der Waals surface area contributed by atoms with Crippen LogP contribution in [0.5, 0.6) is 0 Å². The van der Waals surface area contributed by atoms with Crippen LogP contribution in [0, 0.1) is 5.92 Å². The van der Waals surface area contributed by atoms with E-state index in [4.69, 9.17) is 9.73 Å². The maximum atomic E-state index is 5.97. The van der Waals surface area contributed by atoms with Crippen LogP contribution in [0.25, 0.3) is 0 Å². The van der Waals surface area contributed by atoms with Gasteiger partial charge >= 0.3 is 0 Å². The number of rotatable bonds is 8. The molecule has 0 aromatic heterocycles. The van der Waals surface area contributed by atoms with E-state index in [-0.39, 0.29) is 36.1 Å². The van der Waals surface area contributed by atoms with Gasteiger partial charge in [-0.3, -0.25) is 9.89 Å². The summed E-state index contributed by atoms with van der Waals surface area (Å²) in [7, 11) is 0. The average Bonchev–Trinajstić information content (AvgIpc) is 3.27. The molecule has 2 heterocycles. The topological polar surface area (TPSA) is 52.1 Å². The van der Waals surface area contributed by atoms with Gasteiger partial charge in [0.05, 0.1) is 25.3 Å². The van der Waals surface area contributed by atoms with Gasteiger partial charge in [-0.2, -0.15) is 0 Å². The summed E-state index contributed by atoms with van der Waals surface area (Å²) >= 11 is 0. The largest absolute Gasteiger partial charge is 0.374 e. The van der Waals surface area contributed by atoms with Crippen molar-refractivity contribution in [1.29, 1.82) is 0 Å². The maximum Gasteiger partial charge on any atom is 0.191 e. The van der Waals surface area contributed by atoms with Crippen molar-refractivity contribution < 1.29 is 4.74 Å². The van der Waals surface area contributed by atoms with Crippen molar-refractivity contribution in [2.24, 2.45) is 10.9 Å². The van der Waals surface area contributed by atoms with Crippen molar-refractivity contribution in [2.75, 3.05) is 57.3 Å². The van der Waals surface area contributed by atoms with Crippen molar-refractivity contribution in [1.82, 2.24) is 15.5 Å². The Kier molecular flexibility index (Phi) is 11.4. The Balaban J connectivity index is 0.00000341. The normalized spacial score (nSPS) is 21.1. The molecule has 0 aliphatic carbocycles. The summed E-state index contributed by atoms with van der Waals surface area (Å²) in [6.07, 6.45) is 2.77. The van der Waals surface area contributed by atoms with E-state index < -0.39 is 0 Å². The summed E-state index contributed by atoms with van der Waals surface area (Å²) in [5, 5.41) is 6.98. The minimum Gasteiger partial charge on any atom is -0.374 e. The first-order valence-corrected chi connectivity index (χ1v) is 11.8. The Labute approximate surface area is 206 Å². The third kappa shape index (κ3) is 8.42. The molecule has 0 spiro atoms. The number of halogens is 1. The molecule has 2 aliphatic heterocycles. The number of nitrogens with zero attached hydrogens (tertiary/aromatic N) is 3. The lowest BCUT2D eigenvalue weighted by molar-refractivity contribution is -0.0262. The molecule has 0 saturated carbocycles. The molecule has 0 bridgehead atoms. The van der Waals surface area contributed by atoms with Crippen LogP contribution in [0.4, 0.5) is 5.69 Å². The smallest absolute Gasteiger partial charge is 0.191 e. The molecule has 3 rings (SSSR count). The van der Waals surface area contributed by atoms with E-state index in [1.54, 1.807) is 0 Å². The number of anilines is 1. The molecule has 176 valence electrons. The molecule has 31 heavy (non-hydrogen) atoms. The first-order valence-electron chi connectivity index (χ1n) is 11.8. The fraction of sp³-hybridized carbons (Fsp3) is 0.708. The molecular weight excluding hydrogens is 501 g/mol. The fourth-order valence-corrected chi connectivity index (χ4v) is 4.34. The van der Waals surface area contributed by atoms with Gasteiger partial charge in [0.25, 0.3) is 0 Å². The summed E-state index contributed by atoms with van der Waals surface area (Å²) < 4.78 is 5.97. The van der Waals surface area contributed by atoms with E-state index in [1.165, 1.54) is 37.2 Å². The molecule has 7 heteroatoms. The molecular formula is C24H42IN5O. The van der Waals surface area contributed by atoms with E-state index in [0.29, 0.717) is 12.5 Å². The molecule has 2 atom stereocenters. The number of morpholine rings is 1. The Hall–Kier alpha value is -1.06. The van der Waals surface area contributed by atoms with E-state index in [1.807, 2.05) is 0 Å². The van der Waals surface area contributed by atoms with Crippen LogP contribution in [0.3, 0.4) is 0 Å². The number of aliphatic imine (C=N–C) groups is 1. The predicted octanol–water partition coefficient (Wildman–Crippen LogP) is 3.88. The molecule has 0 amide bonds. The van der Waals surface area contributed by atoms with Crippen molar-refractivity contribution in [3.05, 3.63) is 29.8 Å². The van der Waals surface area contributed by atoms with Gasteiger partial charge in [-0.15, -0.1) is 24.0 Å². The number of ether oxygens (including phenoxy) is 1. The number of benzene rings is 1. The van der Waals surface area contributed by atoms with Crippen LogP contribution in [0.2, 0.25) is 0 Å². The van der Waals surface area contributed by atoms with Gasteiger partial charge in [-0.25, -0.2) is 0 Å². The van der Waals surface area contributed by atoms with Gasteiger partial charge < -0.3 is 20.3 Å². The highest BCUT2D eigenvalue weighted by atomic mass is 127. The Bertz CT molecular complexity index is 678. The minimum absolute atomic E-state index is 0. The van der Waals surface area contributed by atoms with Crippen molar-refractivity contribution >= 4 is 35.6 Å². The van der Waals surface area contributed by atoms with Crippen LogP contribution in [-0.4, -0.2) is 69.4 Å². The second-order valence-corrected chi connectivity index (χ2v) is 9.02. The lowest BCUT2D eigenvalue weighted by atomic mass is 10.1. The number of hydrogen-bond acceptors (Lipinski definition) is 4. The summed E-state index contributed by atoms with van der Waals surface area (Å²) in [6, 6.07) is 9.11. The first kappa shape index (κ1) is 26.2. The van der Waals surface area contributed by atoms with Crippen LogP contribution in [-0.2, 0) is 4.74 Å². The van der Waals surface area contributed by atoms with Gasteiger partial charge in [0.1, 0.15) is 0 Å². The van der Waals surface area contributed by atoms with Gasteiger partial charge in [0, 0.05) is 45.0 Å². The summed E-state index contributed by atoms with van der Waals surface area (Å²) in [6.45, 7) is 16.7. The van der Waals surface area contributed by atoms with E-state index >= 15 is 0 Å². The van der Waals surface area contributed by atoms with Crippen molar-refractivity contribution in [3.8, 4) is 0 Å². The molecule has 2 fully saturated rings.